The van der Waals surface area contributed by atoms with E-state index in [1.165, 1.54) is 6.42 Å². The van der Waals surface area contributed by atoms with Gasteiger partial charge in [-0.15, -0.1) is 0 Å². The molecule has 1 heterocycles. The molecule has 1 aliphatic heterocycles. The summed E-state index contributed by atoms with van der Waals surface area (Å²) in [4.78, 5) is 2.44. The lowest BCUT2D eigenvalue weighted by Gasteiger charge is -2.39. The van der Waals surface area contributed by atoms with Gasteiger partial charge in [0, 0.05) is 13.1 Å². The lowest BCUT2D eigenvalue weighted by atomic mass is 9.87. The van der Waals surface area contributed by atoms with E-state index in [0.29, 0.717) is 0 Å². The Morgan fingerprint density at radius 2 is 1.80 bits per heavy atom. The maximum absolute atomic E-state index is 10.3. The molecule has 1 fully saturated rings. The van der Waals surface area contributed by atoms with Crippen molar-refractivity contribution in [3.8, 4) is 0 Å². The molecule has 0 aliphatic carbocycles. The van der Waals surface area contributed by atoms with E-state index in [1.807, 2.05) is 0 Å². The van der Waals surface area contributed by atoms with Crippen LogP contribution < -0.4 is 0 Å². The molecule has 0 radical (unpaired) electrons. The van der Waals surface area contributed by atoms with Crippen molar-refractivity contribution in [2.75, 3.05) is 19.6 Å². The van der Waals surface area contributed by atoms with E-state index in [9.17, 15) is 5.11 Å². The first-order valence-corrected chi connectivity index (χ1v) is 6.45. The van der Waals surface area contributed by atoms with Gasteiger partial charge in [-0.1, -0.05) is 27.7 Å². The third-order valence-electron chi connectivity index (χ3n) is 4.25. The maximum Gasteiger partial charge on any atom is 0.0768 e. The first kappa shape index (κ1) is 13.0. The minimum absolute atomic E-state index is 0.458. The number of nitrogens with zero attached hydrogens (tertiary/aromatic N) is 1. The summed E-state index contributed by atoms with van der Waals surface area (Å²) in [5.74, 6) is 1.62. The summed E-state index contributed by atoms with van der Waals surface area (Å²) >= 11 is 0. The molecule has 1 saturated heterocycles. The van der Waals surface area contributed by atoms with Crippen molar-refractivity contribution < 1.29 is 5.11 Å². The number of likely N-dealkylation sites (tertiary alicyclic amines) is 1. The normalized spacial score (nSPS) is 29.4. The predicted octanol–water partition coefficient (Wildman–Crippen LogP) is 2.52. The Hall–Kier alpha value is -0.0800. The molecular formula is C13H27NO. The van der Waals surface area contributed by atoms with Crippen LogP contribution in [0.1, 0.15) is 47.0 Å². The summed E-state index contributed by atoms with van der Waals surface area (Å²) in [5.41, 5.74) is -0.458. The summed E-state index contributed by atoms with van der Waals surface area (Å²) in [7, 11) is 0. The lowest BCUT2D eigenvalue weighted by molar-refractivity contribution is -0.0180. The molecule has 15 heavy (non-hydrogen) atoms. The lowest BCUT2D eigenvalue weighted by Crippen LogP contribution is -2.47. The number of β-amino-alcohol motifs (C(OH)–C–C–N with tert-alkyl or cyclic N) is 1. The molecule has 0 bridgehead atoms. The van der Waals surface area contributed by atoms with Crippen LogP contribution in [0.2, 0.25) is 0 Å². The first-order chi connectivity index (χ1) is 7.00. The third kappa shape index (κ3) is 3.46. The van der Waals surface area contributed by atoms with E-state index in [1.54, 1.807) is 0 Å². The van der Waals surface area contributed by atoms with Crippen molar-refractivity contribution in [1.82, 2.24) is 4.90 Å². The van der Waals surface area contributed by atoms with E-state index in [2.05, 4.69) is 32.6 Å². The molecular weight excluding hydrogens is 186 g/mol. The zero-order valence-corrected chi connectivity index (χ0v) is 10.8. The van der Waals surface area contributed by atoms with E-state index >= 15 is 0 Å². The van der Waals surface area contributed by atoms with E-state index in [4.69, 9.17) is 0 Å². The van der Waals surface area contributed by atoms with Crippen molar-refractivity contribution in [1.29, 1.82) is 0 Å². The van der Waals surface area contributed by atoms with Crippen LogP contribution in [0.4, 0.5) is 0 Å². The Balaban J connectivity index is 2.45. The predicted molar refractivity (Wildman–Crippen MR) is 64.9 cm³/mol. The molecule has 0 aromatic carbocycles. The average Bonchev–Trinajstić information content (AvgIpc) is 2.23. The Morgan fingerprint density at radius 3 is 2.27 bits per heavy atom. The van der Waals surface area contributed by atoms with Gasteiger partial charge in [0.15, 0.2) is 0 Å². The van der Waals surface area contributed by atoms with Gasteiger partial charge >= 0.3 is 0 Å². The fraction of sp³-hybridized carbons (Fsp3) is 1.00. The number of aliphatic hydroxyl groups is 1. The van der Waals surface area contributed by atoms with Crippen LogP contribution in [0.15, 0.2) is 0 Å². The van der Waals surface area contributed by atoms with Crippen molar-refractivity contribution in [3.05, 3.63) is 0 Å². The minimum Gasteiger partial charge on any atom is -0.389 e. The number of rotatable bonds is 4. The molecule has 2 unspecified atom stereocenters. The highest BCUT2D eigenvalue weighted by atomic mass is 16.3. The van der Waals surface area contributed by atoms with Crippen molar-refractivity contribution in [2.45, 2.75) is 52.6 Å². The first-order valence-electron chi connectivity index (χ1n) is 6.45. The summed E-state index contributed by atoms with van der Waals surface area (Å²) in [6.07, 6.45) is 3.01. The van der Waals surface area contributed by atoms with E-state index in [-0.39, 0.29) is 0 Å². The van der Waals surface area contributed by atoms with Crippen LogP contribution in [0.25, 0.3) is 0 Å². The minimum atomic E-state index is -0.458. The summed E-state index contributed by atoms with van der Waals surface area (Å²) in [5, 5.41) is 10.3. The highest BCUT2D eigenvalue weighted by molar-refractivity contribution is 4.83. The van der Waals surface area contributed by atoms with E-state index < -0.39 is 5.60 Å². The van der Waals surface area contributed by atoms with Crippen LogP contribution in [0, 0.1) is 11.8 Å². The largest absolute Gasteiger partial charge is 0.389 e. The second kappa shape index (κ2) is 5.31. The Kier molecular flexibility index (Phi) is 4.60. The van der Waals surface area contributed by atoms with Gasteiger partial charge in [-0.2, -0.15) is 0 Å². The fourth-order valence-electron chi connectivity index (χ4n) is 2.38. The highest BCUT2D eigenvalue weighted by Crippen LogP contribution is 2.25. The average molecular weight is 213 g/mol. The van der Waals surface area contributed by atoms with Gasteiger partial charge in [0.05, 0.1) is 5.60 Å². The molecule has 90 valence electrons. The molecule has 1 N–H and O–H groups in total. The van der Waals surface area contributed by atoms with Crippen LogP contribution in [-0.4, -0.2) is 35.2 Å². The fourth-order valence-corrected chi connectivity index (χ4v) is 2.38. The topological polar surface area (TPSA) is 23.5 Å². The summed E-state index contributed by atoms with van der Waals surface area (Å²) in [6, 6.07) is 0. The molecule has 1 aliphatic rings. The van der Waals surface area contributed by atoms with Crippen LogP contribution >= 0.6 is 0 Å². The van der Waals surface area contributed by atoms with Crippen molar-refractivity contribution in [3.63, 3.8) is 0 Å². The van der Waals surface area contributed by atoms with Gasteiger partial charge in [-0.3, -0.25) is 0 Å². The molecule has 0 saturated carbocycles. The van der Waals surface area contributed by atoms with Gasteiger partial charge in [0.1, 0.15) is 0 Å². The molecule has 0 aromatic heterocycles. The zero-order chi connectivity index (χ0) is 11.5. The second-order valence-electron chi connectivity index (χ2n) is 5.41. The van der Waals surface area contributed by atoms with Crippen LogP contribution in [0.3, 0.4) is 0 Å². The molecule has 2 nitrogen and oxygen atoms in total. The summed E-state index contributed by atoms with van der Waals surface area (Å²) < 4.78 is 0. The van der Waals surface area contributed by atoms with E-state index in [0.717, 1.165) is 44.3 Å². The second-order valence-corrected chi connectivity index (χ2v) is 5.41. The highest BCUT2D eigenvalue weighted by Gasteiger charge is 2.29. The molecule has 0 spiro atoms. The van der Waals surface area contributed by atoms with Crippen molar-refractivity contribution >= 4 is 0 Å². The van der Waals surface area contributed by atoms with Crippen molar-refractivity contribution in [2.24, 2.45) is 11.8 Å². The number of hydrogen-bond donors (Lipinski definition) is 1. The Morgan fingerprint density at radius 1 is 1.20 bits per heavy atom. The third-order valence-corrected chi connectivity index (χ3v) is 4.25. The van der Waals surface area contributed by atoms with Crippen LogP contribution in [-0.2, 0) is 0 Å². The van der Waals surface area contributed by atoms with Gasteiger partial charge in [0.2, 0.25) is 0 Å². The number of piperidine rings is 1. The monoisotopic (exact) mass is 213 g/mol. The van der Waals surface area contributed by atoms with Gasteiger partial charge < -0.3 is 10.0 Å². The SMILES string of the molecule is CCC(O)(CC)CN1CCC(C)C(C)C1. The summed E-state index contributed by atoms with van der Waals surface area (Å²) in [6.45, 7) is 12.0. The molecule has 2 atom stereocenters. The zero-order valence-electron chi connectivity index (χ0n) is 10.8. The van der Waals surface area contributed by atoms with Crippen LogP contribution in [0.5, 0.6) is 0 Å². The molecule has 0 aromatic rings. The number of hydrogen-bond acceptors (Lipinski definition) is 2. The maximum atomic E-state index is 10.3. The quantitative estimate of drug-likeness (QED) is 0.775. The molecule has 2 heteroatoms. The van der Waals surface area contributed by atoms with Gasteiger partial charge in [-0.25, -0.2) is 0 Å². The molecule has 0 amide bonds. The standard InChI is InChI=1S/C13H27NO/c1-5-13(15,6-2)10-14-8-7-11(3)12(4)9-14/h11-12,15H,5-10H2,1-4H3. The van der Waals surface area contributed by atoms with Gasteiger partial charge in [0.25, 0.3) is 0 Å². The van der Waals surface area contributed by atoms with Gasteiger partial charge in [-0.05, 0) is 37.6 Å². The Bertz CT molecular complexity index is 189. The molecule has 1 rings (SSSR count). The Labute approximate surface area is 94.7 Å². The smallest absolute Gasteiger partial charge is 0.0768 e.